The Hall–Kier alpha value is -1.50. The van der Waals surface area contributed by atoms with Crippen LogP contribution < -0.4 is 5.32 Å². The molecule has 0 bridgehead atoms. The molecule has 0 saturated carbocycles. The van der Waals surface area contributed by atoms with Gasteiger partial charge in [-0.3, -0.25) is 14.9 Å². The smallest absolute Gasteiger partial charge is 0.282 e. The first-order chi connectivity index (χ1) is 7.95. The first kappa shape index (κ1) is 13.6. The Kier molecular flexibility index (Phi) is 4.56. The molecule has 1 aromatic carbocycles. The molecule has 0 fully saturated rings. The second-order valence-electron chi connectivity index (χ2n) is 3.45. The van der Waals surface area contributed by atoms with Crippen molar-refractivity contribution in [2.75, 3.05) is 5.33 Å². The lowest BCUT2D eigenvalue weighted by atomic mass is 10.1. The quantitative estimate of drug-likeness (QED) is 0.527. The van der Waals surface area contributed by atoms with Crippen LogP contribution in [0.2, 0.25) is 0 Å². The Labute approximate surface area is 105 Å². The molecule has 17 heavy (non-hydrogen) atoms. The fourth-order valence-electron chi connectivity index (χ4n) is 1.19. The van der Waals surface area contributed by atoms with Gasteiger partial charge in [0, 0.05) is 17.4 Å². The van der Waals surface area contributed by atoms with Crippen molar-refractivity contribution in [2.24, 2.45) is 0 Å². The van der Waals surface area contributed by atoms with E-state index in [1.807, 2.05) is 0 Å². The van der Waals surface area contributed by atoms with Gasteiger partial charge in [0.1, 0.15) is 11.4 Å². The monoisotopic (exact) mass is 304 g/mol. The second-order valence-corrected chi connectivity index (χ2v) is 4.09. The Balaban J connectivity index is 3.06. The Morgan fingerprint density at radius 2 is 2.29 bits per heavy atom. The minimum Gasteiger partial charge on any atom is -0.349 e. The van der Waals surface area contributed by atoms with E-state index >= 15 is 0 Å². The molecule has 1 amide bonds. The molecule has 92 valence electrons. The van der Waals surface area contributed by atoms with E-state index in [0.29, 0.717) is 5.33 Å². The van der Waals surface area contributed by atoms with Crippen LogP contribution >= 0.6 is 15.9 Å². The van der Waals surface area contributed by atoms with Crippen molar-refractivity contribution in [3.8, 4) is 0 Å². The number of benzene rings is 1. The molecule has 1 atom stereocenters. The molecule has 0 aliphatic rings. The van der Waals surface area contributed by atoms with Gasteiger partial charge in [-0.2, -0.15) is 0 Å². The van der Waals surface area contributed by atoms with E-state index in [9.17, 15) is 19.3 Å². The van der Waals surface area contributed by atoms with Gasteiger partial charge in [0.2, 0.25) is 0 Å². The third-order valence-electron chi connectivity index (χ3n) is 2.01. The number of halogens is 2. The number of nitro benzene ring substituents is 1. The zero-order chi connectivity index (χ0) is 13.0. The lowest BCUT2D eigenvalue weighted by Gasteiger charge is -2.10. The highest BCUT2D eigenvalue weighted by atomic mass is 79.9. The number of alkyl halides is 1. The van der Waals surface area contributed by atoms with Crippen LogP contribution in [0.5, 0.6) is 0 Å². The number of hydrogen-bond acceptors (Lipinski definition) is 3. The predicted molar refractivity (Wildman–Crippen MR) is 63.8 cm³/mol. The summed E-state index contributed by atoms with van der Waals surface area (Å²) in [6, 6.07) is 2.57. The lowest BCUT2D eigenvalue weighted by Crippen LogP contribution is -2.34. The maximum absolute atomic E-state index is 13.0. The summed E-state index contributed by atoms with van der Waals surface area (Å²) in [5.41, 5.74) is -0.687. The van der Waals surface area contributed by atoms with Crippen molar-refractivity contribution in [1.29, 1.82) is 0 Å². The third-order valence-corrected chi connectivity index (χ3v) is 2.98. The summed E-state index contributed by atoms with van der Waals surface area (Å²) >= 11 is 3.16. The zero-order valence-electron chi connectivity index (χ0n) is 8.94. The molecule has 0 spiro atoms. The Morgan fingerprint density at radius 3 is 2.82 bits per heavy atom. The van der Waals surface area contributed by atoms with Gasteiger partial charge in [-0.25, -0.2) is 4.39 Å². The van der Waals surface area contributed by atoms with Crippen molar-refractivity contribution in [2.45, 2.75) is 13.0 Å². The van der Waals surface area contributed by atoms with Crippen LogP contribution in [0.3, 0.4) is 0 Å². The van der Waals surface area contributed by atoms with Gasteiger partial charge in [-0.1, -0.05) is 15.9 Å². The molecule has 0 saturated heterocycles. The van der Waals surface area contributed by atoms with Crippen LogP contribution in [0.15, 0.2) is 18.2 Å². The molecule has 1 aromatic rings. The van der Waals surface area contributed by atoms with E-state index in [4.69, 9.17) is 0 Å². The number of carbonyl (C=O) groups is 1. The van der Waals surface area contributed by atoms with Crippen LogP contribution in [0.4, 0.5) is 10.1 Å². The van der Waals surface area contributed by atoms with Gasteiger partial charge in [0.15, 0.2) is 0 Å². The minimum absolute atomic E-state index is 0.203. The summed E-state index contributed by atoms with van der Waals surface area (Å²) in [5.74, 6) is -1.35. The molecule has 1 rings (SSSR count). The molecule has 1 unspecified atom stereocenters. The maximum Gasteiger partial charge on any atom is 0.282 e. The highest BCUT2D eigenvalue weighted by molar-refractivity contribution is 9.09. The van der Waals surface area contributed by atoms with E-state index < -0.39 is 22.3 Å². The maximum atomic E-state index is 13.0. The molecule has 0 aromatic heterocycles. The standard InChI is InChI=1S/C10H10BrFN2O3/c1-6(5-11)13-10(15)8-4-7(12)2-3-9(8)14(16)17/h2-4,6H,5H2,1H3,(H,13,15). The van der Waals surface area contributed by atoms with Crippen LogP contribution in [-0.4, -0.2) is 22.2 Å². The van der Waals surface area contributed by atoms with Gasteiger partial charge in [-0.15, -0.1) is 0 Å². The Morgan fingerprint density at radius 1 is 1.65 bits per heavy atom. The highest BCUT2D eigenvalue weighted by Gasteiger charge is 2.21. The normalized spacial score (nSPS) is 11.9. The number of nitrogens with zero attached hydrogens (tertiary/aromatic N) is 1. The number of rotatable bonds is 4. The van der Waals surface area contributed by atoms with Gasteiger partial charge >= 0.3 is 0 Å². The molecule has 5 nitrogen and oxygen atoms in total. The highest BCUT2D eigenvalue weighted by Crippen LogP contribution is 2.19. The van der Waals surface area contributed by atoms with Crippen LogP contribution in [0, 0.1) is 15.9 Å². The molecule has 0 aliphatic carbocycles. The fourth-order valence-corrected chi connectivity index (χ4v) is 1.35. The van der Waals surface area contributed by atoms with Gasteiger partial charge in [0.05, 0.1) is 4.92 Å². The Bertz CT molecular complexity index is 453. The molecule has 0 aliphatic heterocycles. The van der Waals surface area contributed by atoms with Gasteiger partial charge in [0.25, 0.3) is 11.6 Å². The van der Waals surface area contributed by atoms with Crippen molar-refractivity contribution in [3.05, 3.63) is 39.7 Å². The van der Waals surface area contributed by atoms with Crippen LogP contribution in [-0.2, 0) is 0 Å². The van der Waals surface area contributed by atoms with E-state index in [-0.39, 0.29) is 11.6 Å². The summed E-state index contributed by atoms with van der Waals surface area (Å²) in [4.78, 5) is 21.7. The second kappa shape index (κ2) is 5.72. The molecular formula is C10H10BrFN2O3. The molecule has 1 N–H and O–H groups in total. The van der Waals surface area contributed by atoms with Crippen LogP contribution in [0.25, 0.3) is 0 Å². The van der Waals surface area contributed by atoms with E-state index in [2.05, 4.69) is 21.2 Å². The summed E-state index contributed by atoms with van der Waals surface area (Å²) in [5, 5.41) is 13.7. The average Bonchev–Trinajstić information content (AvgIpc) is 2.28. The third kappa shape index (κ3) is 3.48. The molecular weight excluding hydrogens is 295 g/mol. The fraction of sp³-hybridized carbons (Fsp3) is 0.300. The van der Waals surface area contributed by atoms with E-state index in [1.165, 1.54) is 0 Å². The molecule has 0 heterocycles. The van der Waals surface area contributed by atoms with Crippen molar-refractivity contribution < 1.29 is 14.1 Å². The van der Waals surface area contributed by atoms with Gasteiger partial charge in [-0.05, 0) is 19.1 Å². The van der Waals surface area contributed by atoms with E-state index in [0.717, 1.165) is 18.2 Å². The topological polar surface area (TPSA) is 72.2 Å². The number of nitrogens with one attached hydrogen (secondary N) is 1. The zero-order valence-corrected chi connectivity index (χ0v) is 10.5. The minimum atomic E-state index is -0.715. The number of carbonyl (C=O) groups excluding carboxylic acids is 1. The average molecular weight is 305 g/mol. The van der Waals surface area contributed by atoms with Gasteiger partial charge < -0.3 is 5.32 Å². The summed E-state index contributed by atoms with van der Waals surface area (Å²) < 4.78 is 13.0. The summed E-state index contributed by atoms with van der Waals surface area (Å²) in [6.45, 7) is 1.72. The first-order valence-corrected chi connectivity index (χ1v) is 5.88. The first-order valence-electron chi connectivity index (χ1n) is 4.76. The van der Waals surface area contributed by atoms with Crippen molar-refractivity contribution in [3.63, 3.8) is 0 Å². The van der Waals surface area contributed by atoms with Crippen molar-refractivity contribution >= 4 is 27.5 Å². The number of nitro groups is 1. The SMILES string of the molecule is CC(CBr)NC(=O)c1cc(F)ccc1[N+](=O)[O-]. The van der Waals surface area contributed by atoms with Crippen molar-refractivity contribution in [1.82, 2.24) is 5.32 Å². The lowest BCUT2D eigenvalue weighted by molar-refractivity contribution is -0.385. The molecule has 0 radical (unpaired) electrons. The summed E-state index contributed by atoms with van der Waals surface area (Å²) in [7, 11) is 0. The van der Waals surface area contributed by atoms with E-state index in [1.54, 1.807) is 6.92 Å². The molecule has 7 heteroatoms. The van der Waals surface area contributed by atoms with Crippen LogP contribution in [0.1, 0.15) is 17.3 Å². The predicted octanol–water partition coefficient (Wildman–Crippen LogP) is 2.25. The summed E-state index contributed by atoms with van der Waals surface area (Å²) in [6.07, 6.45) is 0. The largest absolute Gasteiger partial charge is 0.349 e. The number of amides is 1. The number of hydrogen-bond donors (Lipinski definition) is 1.